The molecule has 2 aliphatic heterocycles. The molecule has 2 atom stereocenters. The Morgan fingerprint density at radius 2 is 2.00 bits per heavy atom. The van der Waals surface area contributed by atoms with Gasteiger partial charge in [-0.25, -0.2) is 0 Å². The van der Waals surface area contributed by atoms with Crippen molar-refractivity contribution < 1.29 is 14.0 Å². The first-order valence-electron chi connectivity index (χ1n) is 12.8. The van der Waals surface area contributed by atoms with Crippen molar-refractivity contribution in [3.8, 4) is 0 Å². The van der Waals surface area contributed by atoms with E-state index in [0.717, 1.165) is 41.8 Å². The molecule has 0 aliphatic carbocycles. The number of benzene rings is 2. The summed E-state index contributed by atoms with van der Waals surface area (Å²) < 4.78 is 18.0. The highest BCUT2D eigenvalue weighted by Gasteiger charge is 2.43. The Kier molecular flexibility index (Phi) is 8.01. The van der Waals surface area contributed by atoms with Crippen LogP contribution in [0.3, 0.4) is 0 Å². The molecule has 2 aromatic carbocycles. The SMILES string of the molecule is C=C(CNC(=NC)C1CCCN1COC(C)C)c1ccc2cc(B3OC(C)C(C)(C)O3)ccc2c1. The van der Waals surface area contributed by atoms with Crippen LogP contribution in [-0.4, -0.2) is 68.6 Å². The van der Waals surface area contributed by atoms with Gasteiger partial charge < -0.3 is 19.4 Å². The average Bonchev–Trinajstić information content (AvgIpc) is 3.40. The van der Waals surface area contributed by atoms with Crippen LogP contribution in [0.2, 0.25) is 0 Å². The van der Waals surface area contributed by atoms with Gasteiger partial charge in [-0.15, -0.1) is 0 Å². The molecule has 6 nitrogen and oxygen atoms in total. The Labute approximate surface area is 210 Å². The normalized spacial score (nSPS) is 22.9. The Morgan fingerprint density at radius 1 is 1.26 bits per heavy atom. The first kappa shape index (κ1) is 25.9. The van der Waals surface area contributed by atoms with Gasteiger partial charge in [-0.3, -0.25) is 9.89 Å². The van der Waals surface area contributed by atoms with Crippen molar-refractivity contribution in [2.75, 3.05) is 26.9 Å². The fraction of sp³-hybridized carbons (Fsp3) is 0.536. The number of nitrogens with one attached hydrogen (secondary N) is 1. The molecular formula is C28H40BN3O3. The summed E-state index contributed by atoms with van der Waals surface area (Å²) in [5.74, 6) is 1.01. The molecule has 4 rings (SSSR count). The van der Waals surface area contributed by atoms with Crippen molar-refractivity contribution >= 4 is 34.8 Å². The van der Waals surface area contributed by atoms with Crippen molar-refractivity contribution in [2.24, 2.45) is 4.99 Å². The standard InChI is InChI=1S/C28H40BN3O3/c1-19(2)33-18-32-14-8-9-26(32)27(30-7)31-17-20(3)22-10-11-24-16-25(13-12-23(24)15-22)29-34-21(4)28(5,6)35-29/h10-13,15-16,19,21,26H,3,8-9,14,17-18H2,1-2,4-7H3,(H,30,31). The van der Waals surface area contributed by atoms with Crippen molar-refractivity contribution in [3.05, 3.63) is 48.5 Å². The topological polar surface area (TPSA) is 55.3 Å². The second-order valence-electron chi connectivity index (χ2n) is 10.5. The second-order valence-corrected chi connectivity index (χ2v) is 10.5. The van der Waals surface area contributed by atoms with Gasteiger partial charge in [0.2, 0.25) is 0 Å². The van der Waals surface area contributed by atoms with E-state index in [0.29, 0.717) is 13.3 Å². The average molecular weight is 477 g/mol. The van der Waals surface area contributed by atoms with Crippen LogP contribution >= 0.6 is 0 Å². The molecule has 0 amide bonds. The van der Waals surface area contributed by atoms with E-state index in [2.05, 4.69) is 92.8 Å². The molecule has 1 N–H and O–H groups in total. The number of amidine groups is 1. The molecule has 7 heteroatoms. The predicted octanol–water partition coefficient (Wildman–Crippen LogP) is 4.23. The van der Waals surface area contributed by atoms with Crippen LogP contribution < -0.4 is 10.8 Å². The lowest BCUT2D eigenvalue weighted by Crippen LogP contribution is -2.45. The Bertz CT molecular complexity index is 1080. The molecule has 188 valence electrons. The summed E-state index contributed by atoms with van der Waals surface area (Å²) in [6.07, 6.45) is 2.53. The zero-order chi connectivity index (χ0) is 25.2. The lowest BCUT2D eigenvalue weighted by Gasteiger charge is -2.27. The van der Waals surface area contributed by atoms with E-state index in [1.165, 1.54) is 10.8 Å². The van der Waals surface area contributed by atoms with Gasteiger partial charge >= 0.3 is 7.12 Å². The van der Waals surface area contributed by atoms with Crippen molar-refractivity contribution in [1.82, 2.24) is 10.2 Å². The Balaban J connectivity index is 1.39. The van der Waals surface area contributed by atoms with Crippen molar-refractivity contribution in [2.45, 2.75) is 71.3 Å². The van der Waals surface area contributed by atoms with Gasteiger partial charge in [-0.2, -0.15) is 0 Å². The lowest BCUT2D eigenvalue weighted by atomic mass is 9.78. The molecule has 0 spiro atoms. The van der Waals surface area contributed by atoms with E-state index in [-0.39, 0.29) is 31.0 Å². The van der Waals surface area contributed by atoms with E-state index in [1.54, 1.807) is 0 Å². The number of rotatable bonds is 8. The summed E-state index contributed by atoms with van der Waals surface area (Å²) in [7, 11) is 1.54. The lowest BCUT2D eigenvalue weighted by molar-refractivity contribution is -0.00349. The third-order valence-electron chi connectivity index (χ3n) is 7.24. The van der Waals surface area contributed by atoms with E-state index in [9.17, 15) is 0 Å². The molecule has 2 heterocycles. The number of ether oxygens (including phenoxy) is 1. The molecule has 0 aromatic heterocycles. The maximum Gasteiger partial charge on any atom is 0.494 e. The second kappa shape index (κ2) is 10.8. The van der Waals surface area contributed by atoms with Crippen LogP contribution in [0, 0.1) is 0 Å². The first-order valence-corrected chi connectivity index (χ1v) is 12.8. The summed E-state index contributed by atoms with van der Waals surface area (Å²) >= 11 is 0. The highest BCUT2D eigenvalue weighted by Crippen LogP contribution is 2.28. The summed E-state index contributed by atoms with van der Waals surface area (Å²) in [5, 5.41) is 5.90. The quantitative estimate of drug-likeness (QED) is 0.351. The fourth-order valence-corrected chi connectivity index (χ4v) is 4.71. The molecule has 2 unspecified atom stereocenters. The molecule has 2 aromatic rings. The van der Waals surface area contributed by atoms with Gasteiger partial charge in [-0.1, -0.05) is 36.9 Å². The van der Waals surface area contributed by atoms with Crippen LogP contribution in [0.4, 0.5) is 0 Å². The van der Waals surface area contributed by atoms with E-state index < -0.39 is 0 Å². The molecule has 35 heavy (non-hydrogen) atoms. The van der Waals surface area contributed by atoms with Crippen LogP contribution in [-0.2, 0) is 14.0 Å². The highest BCUT2D eigenvalue weighted by molar-refractivity contribution is 6.62. The van der Waals surface area contributed by atoms with Crippen LogP contribution in [0.1, 0.15) is 53.0 Å². The minimum absolute atomic E-state index is 0.0528. The van der Waals surface area contributed by atoms with Gasteiger partial charge in [0.25, 0.3) is 0 Å². The highest BCUT2D eigenvalue weighted by atomic mass is 16.7. The monoisotopic (exact) mass is 477 g/mol. The van der Waals surface area contributed by atoms with E-state index >= 15 is 0 Å². The Hall–Kier alpha value is -2.19. The van der Waals surface area contributed by atoms with Crippen LogP contribution in [0.25, 0.3) is 16.3 Å². The molecule has 0 saturated carbocycles. The maximum atomic E-state index is 6.13. The van der Waals surface area contributed by atoms with Crippen LogP contribution in [0.15, 0.2) is 48.0 Å². The van der Waals surface area contributed by atoms with E-state index in [4.69, 9.17) is 14.0 Å². The number of nitrogens with zero attached hydrogens (tertiary/aromatic N) is 2. The summed E-state index contributed by atoms with van der Waals surface area (Å²) in [6, 6.07) is 13.2. The molecule has 2 aliphatic rings. The largest absolute Gasteiger partial charge is 0.494 e. The summed E-state index contributed by atoms with van der Waals surface area (Å²) in [6.45, 7) is 17.0. The summed E-state index contributed by atoms with van der Waals surface area (Å²) in [4.78, 5) is 6.94. The van der Waals surface area contributed by atoms with Gasteiger partial charge in [0, 0.05) is 20.1 Å². The minimum Gasteiger partial charge on any atom is -0.402 e. The number of hydrogen-bond acceptors (Lipinski definition) is 5. The first-order chi connectivity index (χ1) is 16.7. The molecular weight excluding hydrogens is 437 g/mol. The third kappa shape index (κ3) is 5.97. The van der Waals surface area contributed by atoms with Gasteiger partial charge in [0.15, 0.2) is 0 Å². The predicted molar refractivity (Wildman–Crippen MR) is 146 cm³/mol. The van der Waals surface area contributed by atoms with E-state index in [1.807, 2.05) is 7.05 Å². The smallest absolute Gasteiger partial charge is 0.402 e. The maximum absolute atomic E-state index is 6.13. The fourth-order valence-electron chi connectivity index (χ4n) is 4.71. The zero-order valence-electron chi connectivity index (χ0n) is 22.1. The van der Waals surface area contributed by atoms with Gasteiger partial charge in [0.1, 0.15) is 5.84 Å². The van der Waals surface area contributed by atoms with Crippen LogP contribution in [0.5, 0.6) is 0 Å². The number of fused-ring (bicyclic) bond motifs is 1. The van der Waals surface area contributed by atoms with Gasteiger partial charge in [0.05, 0.1) is 30.6 Å². The molecule has 2 fully saturated rings. The van der Waals surface area contributed by atoms with Crippen molar-refractivity contribution in [1.29, 1.82) is 0 Å². The molecule has 0 bridgehead atoms. The summed E-state index contributed by atoms with van der Waals surface area (Å²) in [5.41, 5.74) is 2.93. The van der Waals surface area contributed by atoms with Crippen molar-refractivity contribution in [3.63, 3.8) is 0 Å². The number of aliphatic imine (C=N–C) groups is 1. The number of likely N-dealkylation sites (tertiary alicyclic amines) is 1. The van der Waals surface area contributed by atoms with Gasteiger partial charge in [-0.05, 0) is 80.9 Å². The zero-order valence-corrected chi connectivity index (χ0v) is 22.1. The Morgan fingerprint density at radius 3 is 2.69 bits per heavy atom. The third-order valence-corrected chi connectivity index (χ3v) is 7.24. The molecule has 2 saturated heterocycles. The minimum atomic E-state index is -0.323. The molecule has 0 radical (unpaired) electrons. The number of hydrogen-bond donors (Lipinski definition) is 1.